The third kappa shape index (κ3) is 2.79. The molecule has 0 aliphatic heterocycles. The maximum atomic E-state index is 4.20. The Labute approximate surface area is 96.1 Å². The highest BCUT2D eigenvalue weighted by molar-refractivity contribution is 7.09. The molecule has 0 aromatic carbocycles. The van der Waals surface area contributed by atoms with Gasteiger partial charge in [-0.3, -0.25) is 4.98 Å². The molecule has 2 rings (SSSR count). The predicted molar refractivity (Wildman–Crippen MR) is 65.1 cm³/mol. The smallest absolute Gasteiger partial charge is 0.0794 e. The monoisotopic (exact) mass is 224 g/mol. The molecule has 1 atom stereocenters. The van der Waals surface area contributed by atoms with Crippen LogP contribution in [0.15, 0.2) is 11.7 Å². The van der Waals surface area contributed by atoms with Gasteiger partial charge in [-0.05, 0) is 31.7 Å². The summed E-state index contributed by atoms with van der Waals surface area (Å²) in [6.45, 7) is 3.35. The van der Waals surface area contributed by atoms with Crippen molar-refractivity contribution in [2.24, 2.45) is 5.92 Å². The molecule has 0 spiro atoms. The van der Waals surface area contributed by atoms with Crippen LogP contribution in [0.5, 0.6) is 0 Å². The summed E-state index contributed by atoms with van der Waals surface area (Å²) in [5.41, 5.74) is 1.95. The minimum absolute atomic E-state index is 0.569. The van der Waals surface area contributed by atoms with Gasteiger partial charge in [0.2, 0.25) is 0 Å². The third-order valence-electron chi connectivity index (χ3n) is 3.24. The average molecular weight is 224 g/mol. The van der Waals surface area contributed by atoms with Crippen LogP contribution in [0.25, 0.3) is 0 Å². The molecule has 0 saturated heterocycles. The summed E-state index contributed by atoms with van der Waals surface area (Å²) in [5.74, 6) is 0.844. The summed E-state index contributed by atoms with van der Waals surface area (Å²) in [6.07, 6.45) is 8.85. The summed E-state index contributed by atoms with van der Waals surface area (Å²) < 4.78 is 0. The molecule has 1 saturated carbocycles. The summed E-state index contributed by atoms with van der Waals surface area (Å²) >= 11 is 1.79. The Balaban J connectivity index is 2.01. The highest BCUT2D eigenvalue weighted by atomic mass is 32.1. The fourth-order valence-corrected chi connectivity index (χ4v) is 3.26. The van der Waals surface area contributed by atoms with Crippen LogP contribution in [0.1, 0.15) is 49.9 Å². The molecule has 1 heterocycles. The first kappa shape index (κ1) is 11.1. The first-order valence-electron chi connectivity index (χ1n) is 6.03. The quantitative estimate of drug-likeness (QED) is 0.829. The molecule has 0 radical (unpaired) electrons. The van der Waals surface area contributed by atoms with E-state index >= 15 is 0 Å². The molecule has 1 N–H and O–H groups in total. The number of nitrogens with zero attached hydrogens (tertiary/aromatic N) is 1. The van der Waals surface area contributed by atoms with Crippen molar-refractivity contribution in [1.82, 2.24) is 10.3 Å². The van der Waals surface area contributed by atoms with Crippen LogP contribution < -0.4 is 5.32 Å². The number of nitrogens with one attached hydrogen (secondary N) is 1. The standard InChI is InChI=1S/C12H20N2S/c1-2-7-14-12(10-5-3-4-6-10)11-8-13-9-15-11/h8-10,12,14H,2-7H2,1H3. The van der Waals surface area contributed by atoms with Gasteiger partial charge in [-0.15, -0.1) is 11.3 Å². The van der Waals surface area contributed by atoms with E-state index in [4.69, 9.17) is 0 Å². The van der Waals surface area contributed by atoms with Crippen LogP contribution in [0.2, 0.25) is 0 Å². The highest BCUT2D eigenvalue weighted by Gasteiger charge is 2.26. The van der Waals surface area contributed by atoms with E-state index in [1.807, 2.05) is 11.7 Å². The maximum absolute atomic E-state index is 4.20. The Kier molecular flexibility index (Phi) is 4.15. The first-order valence-corrected chi connectivity index (χ1v) is 6.91. The maximum Gasteiger partial charge on any atom is 0.0794 e. The fraction of sp³-hybridized carbons (Fsp3) is 0.750. The van der Waals surface area contributed by atoms with Gasteiger partial charge in [-0.1, -0.05) is 19.8 Å². The molecule has 1 aliphatic carbocycles. The van der Waals surface area contributed by atoms with Crippen molar-refractivity contribution in [2.75, 3.05) is 6.54 Å². The second-order valence-corrected chi connectivity index (χ2v) is 5.30. The second kappa shape index (κ2) is 5.61. The number of hydrogen-bond donors (Lipinski definition) is 1. The normalized spacial score (nSPS) is 19.5. The molecule has 1 aliphatic rings. The van der Waals surface area contributed by atoms with Gasteiger partial charge in [0.15, 0.2) is 0 Å². The molecule has 84 valence electrons. The van der Waals surface area contributed by atoms with Crippen molar-refractivity contribution in [3.8, 4) is 0 Å². The number of rotatable bonds is 5. The van der Waals surface area contributed by atoms with Crippen LogP contribution >= 0.6 is 11.3 Å². The summed E-state index contributed by atoms with van der Waals surface area (Å²) in [4.78, 5) is 5.63. The van der Waals surface area contributed by atoms with E-state index in [2.05, 4.69) is 17.2 Å². The molecule has 1 aromatic heterocycles. The molecular weight excluding hydrogens is 204 g/mol. The van der Waals surface area contributed by atoms with Crippen LogP contribution in [0.3, 0.4) is 0 Å². The number of aromatic nitrogens is 1. The molecular formula is C12H20N2S. The van der Waals surface area contributed by atoms with Crippen molar-refractivity contribution in [1.29, 1.82) is 0 Å². The highest BCUT2D eigenvalue weighted by Crippen LogP contribution is 2.36. The van der Waals surface area contributed by atoms with E-state index < -0.39 is 0 Å². The Morgan fingerprint density at radius 3 is 2.93 bits per heavy atom. The number of thiazole rings is 1. The minimum atomic E-state index is 0.569. The van der Waals surface area contributed by atoms with Crippen LogP contribution in [-0.4, -0.2) is 11.5 Å². The van der Waals surface area contributed by atoms with Gasteiger partial charge in [-0.25, -0.2) is 0 Å². The Morgan fingerprint density at radius 1 is 1.53 bits per heavy atom. The molecule has 1 aromatic rings. The van der Waals surface area contributed by atoms with E-state index in [-0.39, 0.29) is 0 Å². The first-order chi connectivity index (χ1) is 7.42. The number of hydrogen-bond acceptors (Lipinski definition) is 3. The van der Waals surface area contributed by atoms with Gasteiger partial charge in [0, 0.05) is 17.1 Å². The van der Waals surface area contributed by atoms with Crippen molar-refractivity contribution >= 4 is 11.3 Å². The Hall–Kier alpha value is -0.410. The van der Waals surface area contributed by atoms with E-state index in [0.717, 1.165) is 12.5 Å². The molecule has 1 unspecified atom stereocenters. The summed E-state index contributed by atoms with van der Waals surface area (Å²) in [7, 11) is 0. The van der Waals surface area contributed by atoms with Crippen molar-refractivity contribution < 1.29 is 0 Å². The fourth-order valence-electron chi connectivity index (χ4n) is 2.47. The summed E-state index contributed by atoms with van der Waals surface area (Å²) in [5, 5.41) is 3.68. The molecule has 1 fully saturated rings. The molecule has 15 heavy (non-hydrogen) atoms. The van der Waals surface area contributed by atoms with Crippen molar-refractivity contribution in [3.05, 3.63) is 16.6 Å². The lowest BCUT2D eigenvalue weighted by Crippen LogP contribution is -2.27. The molecule has 2 nitrogen and oxygen atoms in total. The molecule has 0 amide bonds. The van der Waals surface area contributed by atoms with Crippen LogP contribution in [-0.2, 0) is 0 Å². The van der Waals surface area contributed by atoms with Gasteiger partial charge in [-0.2, -0.15) is 0 Å². The average Bonchev–Trinajstić information content (AvgIpc) is 2.90. The molecule has 3 heteroatoms. The van der Waals surface area contributed by atoms with E-state index in [9.17, 15) is 0 Å². The van der Waals surface area contributed by atoms with Crippen molar-refractivity contribution in [3.63, 3.8) is 0 Å². The van der Waals surface area contributed by atoms with Gasteiger partial charge >= 0.3 is 0 Å². The van der Waals surface area contributed by atoms with Gasteiger partial charge in [0.25, 0.3) is 0 Å². The second-order valence-electron chi connectivity index (χ2n) is 4.38. The third-order valence-corrected chi connectivity index (χ3v) is 4.10. The van der Waals surface area contributed by atoms with Gasteiger partial charge in [0.1, 0.15) is 0 Å². The van der Waals surface area contributed by atoms with Crippen LogP contribution in [0, 0.1) is 5.92 Å². The van der Waals surface area contributed by atoms with E-state index in [1.54, 1.807) is 11.3 Å². The van der Waals surface area contributed by atoms with Gasteiger partial charge in [0.05, 0.1) is 5.51 Å². The van der Waals surface area contributed by atoms with E-state index in [1.165, 1.54) is 37.0 Å². The summed E-state index contributed by atoms with van der Waals surface area (Å²) in [6, 6.07) is 0.569. The van der Waals surface area contributed by atoms with E-state index in [0.29, 0.717) is 6.04 Å². The zero-order valence-electron chi connectivity index (χ0n) is 9.41. The van der Waals surface area contributed by atoms with Crippen molar-refractivity contribution in [2.45, 2.75) is 45.1 Å². The largest absolute Gasteiger partial charge is 0.309 e. The Bertz CT molecular complexity index is 265. The Morgan fingerprint density at radius 2 is 2.33 bits per heavy atom. The predicted octanol–water partition coefficient (Wildman–Crippen LogP) is 3.37. The van der Waals surface area contributed by atoms with Crippen LogP contribution in [0.4, 0.5) is 0 Å². The minimum Gasteiger partial charge on any atom is -0.309 e. The zero-order chi connectivity index (χ0) is 10.5. The SMILES string of the molecule is CCCNC(c1cncs1)C1CCCC1. The lowest BCUT2D eigenvalue weighted by Gasteiger charge is -2.23. The lowest BCUT2D eigenvalue weighted by molar-refractivity contribution is 0.373. The zero-order valence-corrected chi connectivity index (χ0v) is 10.2. The lowest BCUT2D eigenvalue weighted by atomic mass is 9.97. The van der Waals surface area contributed by atoms with Gasteiger partial charge < -0.3 is 5.32 Å². The topological polar surface area (TPSA) is 24.9 Å². The molecule has 0 bridgehead atoms.